The first-order valence-electron chi connectivity index (χ1n) is 5.83. The van der Waals surface area contributed by atoms with Gasteiger partial charge in [0.15, 0.2) is 0 Å². The number of nitrogens with one attached hydrogen (secondary N) is 1. The summed E-state index contributed by atoms with van der Waals surface area (Å²) in [6.45, 7) is 0. The van der Waals surface area contributed by atoms with Gasteiger partial charge in [0.05, 0.1) is 0 Å². The minimum Gasteiger partial charge on any atom is -0.382 e. The van der Waals surface area contributed by atoms with Gasteiger partial charge in [0, 0.05) is 11.7 Å². The maximum atomic E-state index is 13.0. The van der Waals surface area contributed by atoms with E-state index >= 15 is 0 Å². The standard InChI is InChI=1S/C13H16FN/c14-11-2-1-3-12(8-11)15-13-7-9-4-5-10(13)6-9/h1-3,8-10,13,15H,4-7H2/t9-,10-,13+/m0/s1. The van der Waals surface area contributed by atoms with E-state index in [1.165, 1.54) is 31.7 Å². The molecule has 15 heavy (non-hydrogen) atoms. The highest BCUT2D eigenvalue weighted by molar-refractivity contribution is 5.44. The summed E-state index contributed by atoms with van der Waals surface area (Å²) in [7, 11) is 0. The lowest BCUT2D eigenvalue weighted by Gasteiger charge is -2.23. The SMILES string of the molecule is Fc1cccc(N[C@@H]2C[C@H]3CC[C@H]2C3)c1. The van der Waals surface area contributed by atoms with Crippen LogP contribution >= 0.6 is 0 Å². The topological polar surface area (TPSA) is 12.0 Å². The molecule has 0 heterocycles. The fourth-order valence-electron chi connectivity index (χ4n) is 3.21. The van der Waals surface area contributed by atoms with Crippen molar-refractivity contribution in [1.29, 1.82) is 0 Å². The van der Waals surface area contributed by atoms with Crippen LogP contribution in [0.25, 0.3) is 0 Å². The molecule has 0 saturated heterocycles. The summed E-state index contributed by atoms with van der Waals surface area (Å²) in [5.74, 6) is 1.61. The van der Waals surface area contributed by atoms with Crippen molar-refractivity contribution < 1.29 is 4.39 Å². The third-order valence-electron chi connectivity index (χ3n) is 3.91. The van der Waals surface area contributed by atoms with E-state index in [1.54, 1.807) is 12.1 Å². The van der Waals surface area contributed by atoms with Crippen LogP contribution in [0.3, 0.4) is 0 Å². The van der Waals surface area contributed by atoms with Crippen molar-refractivity contribution in [1.82, 2.24) is 0 Å². The van der Waals surface area contributed by atoms with Crippen LogP contribution in [0.1, 0.15) is 25.7 Å². The zero-order chi connectivity index (χ0) is 10.3. The highest BCUT2D eigenvalue weighted by Gasteiger charge is 2.39. The molecule has 0 amide bonds. The Morgan fingerprint density at radius 2 is 2.13 bits per heavy atom. The van der Waals surface area contributed by atoms with Crippen molar-refractivity contribution >= 4 is 5.69 Å². The molecule has 2 aliphatic carbocycles. The second kappa shape index (κ2) is 3.51. The molecule has 0 aliphatic heterocycles. The molecule has 3 rings (SSSR count). The molecule has 0 unspecified atom stereocenters. The fraction of sp³-hybridized carbons (Fsp3) is 0.538. The van der Waals surface area contributed by atoms with Crippen LogP contribution in [0.2, 0.25) is 0 Å². The normalized spacial score (nSPS) is 33.3. The van der Waals surface area contributed by atoms with Gasteiger partial charge in [0.25, 0.3) is 0 Å². The minimum absolute atomic E-state index is 0.150. The summed E-state index contributed by atoms with van der Waals surface area (Å²) in [6, 6.07) is 7.39. The zero-order valence-corrected chi connectivity index (χ0v) is 8.75. The predicted octanol–water partition coefficient (Wildman–Crippen LogP) is 3.43. The van der Waals surface area contributed by atoms with Crippen molar-refractivity contribution in [3.63, 3.8) is 0 Å². The van der Waals surface area contributed by atoms with Gasteiger partial charge >= 0.3 is 0 Å². The predicted molar refractivity (Wildman–Crippen MR) is 59.3 cm³/mol. The van der Waals surface area contributed by atoms with E-state index in [0.29, 0.717) is 6.04 Å². The van der Waals surface area contributed by atoms with Gasteiger partial charge in [-0.25, -0.2) is 4.39 Å². The second-order valence-electron chi connectivity index (χ2n) is 4.94. The van der Waals surface area contributed by atoms with Gasteiger partial charge in [-0.15, -0.1) is 0 Å². The molecule has 3 atom stereocenters. The Hall–Kier alpha value is -1.05. The number of halogens is 1. The van der Waals surface area contributed by atoms with E-state index in [-0.39, 0.29) is 5.82 Å². The summed E-state index contributed by atoms with van der Waals surface area (Å²) in [5.41, 5.74) is 0.938. The molecule has 1 aromatic carbocycles. The molecule has 2 bridgehead atoms. The average Bonchev–Trinajstić information content (AvgIpc) is 2.79. The molecule has 1 aromatic rings. The van der Waals surface area contributed by atoms with Crippen LogP contribution in [-0.4, -0.2) is 6.04 Å². The number of hydrogen-bond acceptors (Lipinski definition) is 1. The van der Waals surface area contributed by atoms with Gasteiger partial charge in [-0.3, -0.25) is 0 Å². The third kappa shape index (κ3) is 1.73. The van der Waals surface area contributed by atoms with Crippen molar-refractivity contribution in [2.24, 2.45) is 11.8 Å². The van der Waals surface area contributed by atoms with Crippen molar-refractivity contribution in [2.75, 3.05) is 5.32 Å². The smallest absolute Gasteiger partial charge is 0.125 e. The van der Waals surface area contributed by atoms with Crippen LogP contribution in [0.4, 0.5) is 10.1 Å². The van der Waals surface area contributed by atoms with E-state index < -0.39 is 0 Å². The third-order valence-corrected chi connectivity index (χ3v) is 3.91. The lowest BCUT2D eigenvalue weighted by molar-refractivity contribution is 0.439. The highest BCUT2D eigenvalue weighted by atomic mass is 19.1. The molecule has 2 fully saturated rings. The summed E-state index contributed by atoms with van der Waals surface area (Å²) in [4.78, 5) is 0. The molecule has 1 N–H and O–H groups in total. The van der Waals surface area contributed by atoms with E-state index in [2.05, 4.69) is 5.32 Å². The number of hydrogen-bond donors (Lipinski definition) is 1. The quantitative estimate of drug-likeness (QED) is 0.780. The van der Waals surface area contributed by atoms with Gasteiger partial charge in [-0.1, -0.05) is 12.5 Å². The molecule has 0 radical (unpaired) electrons. The molecule has 2 heteroatoms. The van der Waals surface area contributed by atoms with Gasteiger partial charge in [-0.2, -0.15) is 0 Å². The van der Waals surface area contributed by atoms with Crippen molar-refractivity contribution in [3.05, 3.63) is 30.1 Å². The fourth-order valence-corrected chi connectivity index (χ4v) is 3.21. The Bertz CT molecular complexity index is 363. The van der Waals surface area contributed by atoms with Crippen LogP contribution < -0.4 is 5.32 Å². The molecule has 2 aliphatic rings. The maximum absolute atomic E-state index is 13.0. The average molecular weight is 205 g/mol. The van der Waals surface area contributed by atoms with Crippen LogP contribution in [0, 0.1) is 17.7 Å². The van der Waals surface area contributed by atoms with Gasteiger partial charge in [-0.05, 0) is 49.3 Å². The van der Waals surface area contributed by atoms with E-state index in [1.807, 2.05) is 6.07 Å². The molecule has 80 valence electrons. The lowest BCUT2D eigenvalue weighted by atomic mass is 9.95. The van der Waals surface area contributed by atoms with Crippen molar-refractivity contribution in [3.8, 4) is 0 Å². The minimum atomic E-state index is -0.150. The summed E-state index contributed by atoms with van der Waals surface area (Å²) >= 11 is 0. The molecular weight excluding hydrogens is 189 g/mol. The van der Waals surface area contributed by atoms with E-state index in [4.69, 9.17) is 0 Å². The summed E-state index contributed by atoms with van der Waals surface area (Å²) in [6.07, 6.45) is 5.43. The Morgan fingerprint density at radius 1 is 1.20 bits per heavy atom. The number of anilines is 1. The van der Waals surface area contributed by atoms with Crippen LogP contribution in [-0.2, 0) is 0 Å². The number of rotatable bonds is 2. The lowest BCUT2D eigenvalue weighted by Crippen LogP contribution is -2.25. The van der Waals surface area contributed by atoms with Crippen molar-refractivity contribution in [2.45, 2.75) is 31.7 Å². The Kier molecular flexibility index (Phi) is 2.15. The Balaban J connectivity index is 1.71. The van der Waals surface area contributed by atoms with E-state index in [0.717, 1.165) is 17.5 Å². The summed E-state index contributed by atoms with van der Waals surface area (Å²) in [5, 5.41) is 3.47. The van der Waals surface area contributed by atoms with Crippen LogP contribution in [0.5, 0.6) is 0 Å². The Labute approximate surface area is 89.7 Å². The van der Waals surface area contributed by atoms with Gasteiger partial charge in [0.2, 0.25) is 0 Å². The maximum Gasteiger partial charge on any atom is 0.125 e. The monoisotopic (exact) mass is 205 g/mol. The number of benzene rings is 1. The zero-order valence-electron chi connectivity index (χ0n) is 8.75. The first-order chi connectivity index (χ1) is 7.31. The molecule has 2 saturated carbocycles. The molecule has 0 aromatic heterocycles. The molecule has 1 nitrogen and oxygen atoms in total. The van der Waals surface area contributed by atoms with E-state index in [9.17, 15) is 4.39 Å². The highest BCUT2D eigenvalue weighted by Crippen LogP contribution is 2.45. The first-order valence-corrected chi connectivity index (χ1v) is 5.83. The second-order valence-corrected chi connectivity index (χ2v) is 4.94. The summed E-state index contributed by atoms with van der Waals surface area (Å²) < 4.78 is 13.0. The largest absolute Gasteiger partial charge is 0.382 e. The number of fused-ring (bicyclic) bond motifs is 2. The molecular formula is C13H16FN. The first kappa shape index (κ1) is 9.20. The molecule has 0 spiro atoms. The van der Waals surface area contributed by atoms with Gasteiger partial charge < -0.3 is 5.32 Å². The van der Waals surface area contributed by atoms with Gasteiger partial charge in [0.1, 0.15) is 5.82 Å². The Morgan fingerprint density at radius 3 is 2.80 bits per heavy atom. The van der Waals surface area contributed by atoms with Crippen LogP contribution in [0.15, 0.2) is 24.3 Å².